The van der Waals surface area contributed by atoms with Gasteiger partial charge < -0.3 is 24.5 Å². The van der Waals surface area contributed by atoms with Crippen molar-refractivity contribution in [3.8, 4) is 11.5 Å². The summed E-state index contributed by atoms with van der Waals surface area (Å²) < 4.78 is 24.3. The molecular weight excluding hydrogens is 475 g/mol. The van der Waals surface area contributed by atoms with Crippen molar-refractivity contribution in [3.63, 3.8) is 0 Å². The van der Waals surface area contributed by atoms with E-state index in [1.54, 1.807) is 18.2 Å². The Labute approximate surface area is 212 Å². The summed E-state index contributed by atoms with van der Waals surface area (Å²) in [5.41, 5.74) is 2.72. The lowest BCUT2D eigenvalue weighted by Gasteiger charge is -2.26. The maximum atomic E-state index is 13.5. The number of carbonyl (C=O) groups is 2. The molecule has 0 bridgehead atoms. The summed E-state index contributed by atoms with van der Waals surface area (Å²) in [7, 11) is 3.01. The SMILES string of the molecule is COc1ccc(C2/C(=C(/O)c3ccc(F)cc3)C(=O)C(=O)N2CCc2c[nH]c3ccccc23)cc1OC. The van der Waals surface area contributed by atoms with Crippen molar-refractivity contribution in [2.24, 2.45) is 0 Å². The number of aliphatic hydroxyl groups excluding tert-OH is 1. The van der Waals surface area contributed by atoms with Crippen LogP contribution in [0.5, 0.6) is 11.5 Å². The Balaban J connectivity index is 1.60. The zero-order valence-corrected chi connectivity index (χ0v) is 20.3. The largest absolute Gasteiger partial charge is 0.507 e. The third kappa shape index (κ3) is 4.31. The number of hydrogen-bond acceptors (Lipinski definition) is 5. The number of hydrogen-bond donors (Lipinski definition) is 2. The number of ketones is 1. The molecular formula is C29H25FN2O5. The molecule has 1 saturated heterocycles. The van der Waals surface area contributed by atoms with Crippen molar-refractivity contribution in [1.29, 1.82) is 0 Å². The summed E-state index contributed by atoms with van der Waals surface area (Å²) in [6.07, 6.45) is 2.38. The Bertz CT molecular complexity index is 1520. The molecule has 1 fully saturated rings. The summed E-state index contributed by atoms with van der Waals surface area (Å²) in [4.78, 5) is 31.3. The second-order valence-corrected chi connectivity index (χ2v) is 8.72. The van der Waals surface area contributed by atoms with Gasteiger partial charge in [0.05, 0.1) is 25.8 Å². The lowest BCUT2D eigenvalue weighted by Crippen LogP contribution is -2.31. The quantitative estimate of drug-likeness (QED) is 0.212. The molecule has 2 N–H and O–H groups in total. The number of nitrogens with one attached hydrogen (secondary N) is 1. The number of amides is 1. The first-order chi connectivity index (χ1) is 17.9. The minimum absolute atomic E-state index is 0.0669. The van der Waals surface area contributed by atoms with Gasteiger partial charge in [0.1, 0.15) is 11.6 Å². The van der Waals surface area contributed by atoms with E-state index in [4.69, 9.17) is 9.47 Å². The van der Waals surface area contributed by atoms with Gasteiger partial charge in [-0.05, 0) is 60.0 Å². The number of aliphatic hydroxyl groups is 1. The number of likely N-dealkylation sites (tertiary alicyclic amines) is 1. The highest BCUT2D eigenvalue weighted by molar-refractivity contribution is 6.46. The Morgan fingerprint density at radius 1 is 1.00 bits per heavy atom. The number of halogens is 1. The molecule has 0 spiro atoms. The predicted molar refractivity (Wildman–Crippen MR) is 137 cm³/mol. The minimum Gasteiger partial charge on any atom is -0.507 e. The van der Waals surface area contributed by atoms with Crippen LogP contribution in [0.4, 0.5) is 4.39 Å². The second-order valence-electron chi connectivity index (χ2n) is 8.72. The lowest BCUT2D eigenvalue weighted by atomic mass is 9.94. The third-order valence-electron chi connectivity index (χ3n) is 6.68. The Morgan fingerprint density at radius 3 is 2.46 bits per heavy atom. The number of aromatic amines is 1. The maximum Gasteiger partial charge on any atom is 0.295 e. The number of carbonyl (C=O) groups excluding carboxylic acids is 2. The lowest BCUT2D eigenvalue weighted by molar-refractivity contribution is -0.139. The van der Waals surface area contributed by atoms with Crippen LogP contribution in [0.25, 0.3) is 16.7 Å². The number of fused-ring (bicyclic) bond motifs is 1. The van der Waals surface area contributed by atoms with Gasteiger partial charge in [-0.3, -0.25) is 9.59 Å². The van der Waals surface area contributed by atoms with Gasteiger partial charge in [0.25, 0.3) is 11.7 Å². The van der Waals surface area contributed by atoms with Gasteiger partial charge in [-0.1, -0.05) is 24.3 Å². The highest BCUT2D eigenvalue weighted by Crippen LogP contribution is 2.42. The first-order valence-corrected chi connectivity index (χ1v) is 11.7. The van der Waals surface area contributed by atoms with Crippen molar-refractivity contribution in [3.05, 3.63) is 101 Å². The molecule has 1 unspecified atom stereocenters. The van der Waals surface area contributed by atoms with Crippen molar-refractivity contribution in [1.82, 2.24) is 9.88 Å². The van der Waals surface area contributed by atoms with E-state index in [1.165, 1.54) is 43.4 Å². The van der Waals surface area contributed by atoms with E-state index in [2.05, 4.69) is 4.98 Å². The number of methoxy groups -OCH3 is 2. The molecule has 188 valence electrons. The number of Topliss-reactive ketones (excluding diaryl/α,β-unsaturated/α-hetero) is 1. The normalized spacial score (nSPS) is 16.9. The molecule has 0 radical (unpaired) electrons. The van der Waals surface area contributed by atoms with Crippen molar-refractivity contribution < 1.29 is 28.6 Å². The number of aromatic nitrogens is 1. The zero-order chi connectivity index (χ0) is 26.1. The zero-order valence-electron chi connectivity index (χ0n) is 20.3. The standard InChI is InChI=1S/C29H25FN2O5/c1-36-23-12-9-18(15-24(23)37-2)26-25(27(33)17-7-10-20(30)11-8-17)28(34)29(35)32(26)14-13-19-16-31-22-6-4-3-5-21(19)22/h3-12,15-16,26,31,33H,13-14H2,1-2H3/b27-25-. The number of ether oxygens (including phenoxy) is 2. The first kappa shape index (κ1) is 24.1. The Hall–Kier alpha value is -4.59. The highest BCUT2D eigenvalue weighted by atomic mass is 19.1. The molecule has 2 heterocycles. The van der Waals surface area contributed by atoms with Gasteiger partial charge in [0, 0.05) is 29.2 Å². The highest BCUT2D eigenvalue weighted by Gasteiger charge is 2.46. The molecule has 1 atom stereocenters. The van der Waals surface area contributed by atoms with Gasteiger partial charge in [-0.2, -0.15) is 0 Å². The van der Waals surface area contributed by atoms with E-state index in [0.717, 1.165) is 16.5 Å². The fraction of sp³-hybridized carbons (Fsp3) is 0.172. The van der Waals surface area contributed by atoms with E-state index in [9.17, 15) is 19.1 Å². The number of rotatable bonds is 7. The van der Waals surface area contributed by atoms with Gasteiger partial charge in [-0.15, -0.1) is 0 Å². The van der Waals surface area contributed by atoms with Crippen LogP contribution in [0.3, 0.4) is 0 Å². The van der Waals surface area contributed by atoms with Gasteiger partial charge in [0.15, 0.2) is 11.5 Å². The fourth-order valence-corrected chi connectivity index (χ4v) is 4.82. The number of para-hydroxylation sites is 1. The van der Waals surface area contributed by atoms with E-state index in [-0.39, 0.29) is 23.4 Å². The Kier molecular flexibility index (Phi) is 6.40. The van der Waals surface area contributed by atoms with Crippen LogP contribution in [0.1, 0.15) is 22.7 Å². The molecule has 37 heavy (non-hydrogen) atoms. The van der Waals surface area contributed by atoms with Crippen LogP contribution >= 0.6 is 0 Å². The third-order valence-corrected chi connectivity index (χ3v) is 6.68. The summed E-state index contributed by atoms with van der Waals surface area (Å²) in [5, 5.41) is 12.2. The summed E-state index contributed by atoms with van der Waals surface area (Å²) >= 11 is 0. The average molecular weight is 501 g/mol. The topological polar surface area (TPSA) is 91.9 Å². The molecule has 1 amide bonds. The summed E-state index contributed by atoms with van der Waals surface area (Å²) in [6.45, 7) is 0.228. The van der Waals surface area contributed by atoms with Crippen molar-refractivity contribution in [2.45, 2.75) is 12.5 Å². The fourth-order valence-electron chi connectivity index (χ4n) is 4.82. The number of benzene rings is 3. The van der Waals surface area contributed by atoms with Crippen LogP contribution in [0.15, 0.2) is 78.5 Å². The average Bonchev–Trinajstić information content (AvgIpc) is 3.45. The van der Waals surface area contributed by atoms with E-state index in [1.807, 2.05) is 30.5 Å². The number of nitrogens with zero attached hydrogens (tertiary/aromatic N) is 1. The van der Waals surface area contributed by atoms with E-state index in [0.29, 0.717) is 23.5 Å². The van der Waals surface area contributed by atoms with Gasteiger partial charge in [0.2, 0.25) is 0 Å². The van der Waals surface area contributed by atoms with Crippen LogP contribution in [-0.2, 0) is 16.0 Å². The van der Waals surface area contributed by atoms with Crippen LogP contribution < -0.4 is 9.47 Å². The molecule has 0 saturated carbocycles. The molecule has 1 aromatic heterocycles. The molecule has 4 aromatic rings. The molecule has 1 aliphatic heterocycles. The van der Waals surface area contributed by atoms with Crippen LogP contribution in [-0.4, -0.2) is 47.4 Å². The maximum absolute atomic E-state index is 13.5. The molecule has 5 rings (SSSR count). The van der Waals surface area contributed by atoms with Crippen molar-refractivity contribution in [2.75, 3.05) is 20.8 Å². The molecule has 0 aliphatic carbocycles. The van der Waals surface area contributed by atoms with Crippen LogP contribution in [0.2, 0.25) is 0 Å². The first-order valence-electron chi connectivity index (χ1n) is 11.7. The summed E-state index contributed by atoms with van der Waals surface area (Å²) in [6, 6.07) is 17.2. The summed E-state index contributed by atoms with van der Waals surface area (Å²) in [5.74, 6) is -1.46. The number of H-pyrrole nitrogens is 1. The van der Waals surface area contributed by atoms with Gasteiger partial charge >= 0.3 is 0 Å². The molecule has 1 aliphatic rings. The molecule has 8 heteroatoms. The van der Waals surface area contributed by atoms with Crippen LogP contribution in [0, 0.1) is 5.82 Å². The Morgan fingerprint density at radius 2 is 1.73 bits per heavy atom. The molecule has 7 nitrogen and oxygen atoms in total. The minimum atomic E-state index is -0.880. The predicted octanol–water partition coefficient (Wildman–Crippen LogP) is 4.99. The smallest absolute Gasteiger partial charge is 0.295 e. The van der Waals surface area contributed by atoms with E-state index >= 15 is 0 Å². The van der Waals surface area contributed by atoms with E-state index < -0.39 is 23.5 Å². The van der Waals surface area contributed by atoms with Crippen molar-refractivity contribution >= 4 is 28.4 Å². The second kappa shape index (κ2) is 9.81. The monoisotopic (exact) mass is 500 g/mol. The molecule has 3 aromatic carbocycles. The van der Waals surface area contributed by atoms with Gasteiger partial charge in [-0.25, -0.2) is 4.39 Å².